The summed E-state index contributed by atoms with van der Waals surface area (Å²) in [6.45, 7) is 5.94. The second-order valence-electron chi connectivity index (χ2n) is 6.43. The zero-order valence-corrected chi connectivity index (χ0v) is 15.5. The van der Waals surface area contributed by atoms with E-state index in [1.807, 2.05) is 58.2 Å². The third-order valence-electron chi connectivity index (χ3n) is 4.52. The number of hydrogen-bond donors (Lipinski definition) is 1. The molecule has 0 saturated heterocycles. The summed E-state index contributed by atoms with van der Waals surface area (Å²) in [6.07, 6.45) is 1.69. The van der Waals surface area contributed by atoms with Gasteiger partial charge in [-0.05, 0) is 38.5 Å². The summed E-state index contributed by atoms with van der Waals surface area (Å²) in [6, 6.07) is 14.0. The molecule has 1 N–H and O–H groups in total. The number of aromatic nitrogens is 1. The van der Waals surface area contributed by atoms with E-state index in [-0.39, 0.29) is 12.5 Å². The van der Waals surface area contributed by atoms with E-state index in [2.05, 4.69) is 27.2 Å². The Labute approximate surface area is 153 Å². The Morgan fingerprint density at radius 2 is 1.96 bits per heavy atom. The Kier molecular flexibility index (Phi) is 5.07. The van der Waals surface area contributed by atoms with E-state index in [4.69, 9.17) is 4.74 Å². The number of fused-ring (bicyclic) bond motifs is 1. The van der Waals surface area contributed by atoms with Crippen LogP contribution in [-0.4, -0.2) is 23.3 Å². The first-order chi connectivity index (χ1) is 12.5. The van der Waals surface area contributed by atoms with E-state index in [1.165, 1.54) is 0 Å². The molecule has 1 heterocycles. The number of nitrogens with zero attached hydrogens (tertiary/aromatic N) is 2. The molecule has 1 aromatic heterocycles. The fourth-order valence-corrected chi connectivity index (χ4v) is 3.02. The number of amides is 1. The Morgan fingerprint density at radius 1 is 1.19 bits per heavy atom. The molecule has 3 aromatic rings. The summed E-state index contributed by atoms with van der Waals surface area (Å²) < 4.78 is 7.68. The van der Waals surface area contributed by atoms with Crippen LogP contribution in [0, 0.1) is 20.8 Å². The van der Waals surface area contributed by atoms with Crippen molar-refractivity contribution >= 4 is 23.0 Å². The number of aryl methyl sites for hydroxylation is 3. The molecule has 0 aliphatic carbocycles. The maximum atomic E-state index is 12.0. The van der Waals surface area contributed by atoms with Gasteiger partial charge in [0.15, 0.2) is 6.61 Å². The lowest BCUT2D eigenvalue weighted by Gasteiger charge is -2.08. The molecule has 0 atom stereocenters. The summed E-state index contributed by atoms with van der Waals surface area (Å²) in [5.74, 6) is 0.416. The molecule has 1 amide bonds. The van der Waals surface area contributed by atoms with E-state index in [0.717, 1.165) is 33.3 Å². The Bertz CT molecular complexity index is 986. The van der Waals surface area contributed by atoms with Crippen LogP contribution in [0.2, 0.25) is 0 Å². The van der Waals surface area contributed by atoms with Crippen LogP contribution in [0.4, 0.5) is 0 Å². The molecule has 0 aliphatic rings. The number of para-hydroxylation sites is 1. The largest absolute Gasteiger partial charge is 0.483 e. The standard InChI is InChI=1S/C21H23N3O2/c1-14-9-10-20(15(2)11-14)26-13-21(25)23-22-12-18-16(3)24(4)19-8-6-5-7-17(18)19/h5-12H,13H2,1-4H3,(H,23,25)/b22-12+. The van der Waals surface area contributed by atoms with Crippen molar-refractivity contribution < 1.29 is 9.53 Å². The van der Waals surface area contributed by atoms with Gasteiger partial charge in [0.05, 0.1) is 6.21 Å². The molecule has 0 unspecified atom stereocenters. The smallest absolute Gasteiger partial charge is 0.277 e. The van der Waals surface area contributed by atoms with Gasteiger partial charge in [0.25, 0.3) is 5.91 Å². The average molecular weight is 349 g/mol. The molecule has 0 aliphatic heterocycles. The van der Waals surface area contributed by atoms with Crippen LogP contribution in [0.25, 0.3) is 10.9 Å². The first-order valence-corrected chi connectivity index (χ1v) is 8.53. The van der Waals surface area contributed by atoms with Crippen molar-refractivity contribution in [2.45, 2.75) is 20.8 Å². The molecule has 5 nitrogen and oxygen atoms in total. The number of ether oxygens (including phenoxy) is 1. The number of carbonyl (C=O) groups is 1. The molecule has 0 radical (unpaired) electrons. The normalized spacial score (nSPS) is 11.2. The monoisotopic (exact) mass is 349 g/mol. The van der Waals surface area contributed by atoms with Crippen molar-refractivity contribution in [1.82, 2.24) is 9.99 Å². The Morgan fingerprint density at radius 3 is 2.73 bits per heavy atom. The van der Waals surface area contributed by atoms with Crippen molar-refractivity contribution in [2.24, 2.45) is 12.1 Å². The van der Waals surface area contributed by atoms with Crippen molar-refractivity contribution in [2.75, 3.05) is 6.61 Å². The van der Waals surface area contributed by atoms with Crippen LogP contribution in [-0.2, 0) is 11.8 Å². The number of hydrogen-bond acceptors (Lipinski definition) is 3. The van der Waals surface area contributed by atoms with Gasteiger partial charge in [-0.15, -0.1) is 0 Å². The Hall–Kier alpha value is -3.08. The van der Waals surface area contributed by atoms with Crippen LogP contribution in [0.15, 0.2) is 47.6 Å². The molecule has 0 fully saturated rings. The highest BCUT2D eigenvalue weighted by atomic mass is 16.5. The van der Waals surface area contributed by atoms with Crippen LogP contribution in [0.3, 0.4) is 0 Å². The third kappa shape index (κ3) is 3.61. The molecule has 0 saturated carbocycles. The first-order valence-electron chi connectivity index (χ1n) is 8.53. The fraction of sp³-hybridized carbons (Fsp3) is 0.238. The van der Waals surface area contributed by atoms with Crippen molar-refractivity contribution in [1.29, 1.82) is 0 Å². The number of carbonyl (C=O) groups excluding carboxylic acids is 1. The van der Waals surface area contributed by atoms with E-state index in [1.54, 1.807) is 6.21 Å². The highest BCUT2D eigenvalue weighted by molar-refractivity contribution is 6.01. The summed E-state index contributed by atoms with van der Waals surface area (Å²) in [5.41, 5.74) is 7.93. The van der Waals surface area contributed by atoms with Crippen LogP contribution in [0.1, 0.15) is 22.4 Å². The van der Waals surface area contributed by atoms with E-state index in [9.17, 15) is 4.79 Å². The van der Waals surface area contributed by atoms with E-state index >= 15 is 0 Å². The molecule has 26 heavy (non-hydrogen) atoms. The number of nitrogens with one attached hydrogen (secondary N) is 1. The number of benzene rings is 2. The van der Waals surface area contributed by atoms with Gasteiger partial charge >= 0.3 is 0 Å². The fourth-order valence-electron chi connectivity index (χ4n) is 3.02. The SMILES string of the molecule is Cc1ccc(OCC(=O)N/N=C/c2c(C)n(C)c3ccccc23)c(C)c1. The van der Waals surface area contributed by atoms with Crippen molar-refractivity contribution in [3.63, 3.8) is 0 Å². The molecule has 3 rings (SSSR count). The van der Waals surface area contributed by atoms with Crippen molar-refractivity contribution in [3.8, 4) is 5.75 Å². The molecule has 5 heteroatoms. The van der Waals surface area contributed by atoms with Gasteiger partial charge in [0, 0.05) is 29.2 Å². The van der Waals surface area contributed by atoms with E-state index in [0.29, 0.717) is 5.75 Å². The van der Waals surface area contributed by atoms with Gasteiger partial charge < -0.3 is 9.30 Å². The van der Waals surface area contributed by atoms with Crippen LogP contribution >= 0.6 is 0 Å². The Balaban J connectivity index is 1.64. The quantitative estimate of drug-likeness (QED) is 0.565. The summed E-state index contributed by atoms with van der Waals surface area (Å²) in [4.78, 5) is 12.0. The topological polar surface area (TPSA) is 55.6 Å². The molecular formula is C21H23N3O2. The van der Waals surface area contributed by atoms with Gasteiger partial charge in [-0.2, -0.15) is 5.10 Å². The second kappa shape index (κ2) is 7.44. The zero-order valence-electron chi connectivity index (χ0n) is 15.5. The van der Waals surface area contributed by atoms with Gasteiger partial charge in [0.2, 0.25) is 0 Å². The second-order valence-corrected chi connectivity index (χ2v) is 6.43. The predicted octanol–water partition coefficient (Wildman–Crippen LogP) is 3.63. The summed E-state index contributed by atoms with van der Waals surface area (Å²) >= 11 is 0. The van der Waals surface area contributed by atoms with Gasteiger partial charge in [-0.25, -0.2) is 5.43 Å². The maximum Gasteiger partial charge on any atom is 0.277 e. The van der Waals surface area contributed by atoms with Crippen LogP contribution < -0.4 is 10.2 Å². The first kappa shape index (κ1) is 17.7. The lowest BCUT2D eigenvalue weighted by molar-refractivity contribution is -0.123. The molecule has 0 bridgehead atoms. The third-order valence-corrected chi connectivity index (χ3v) is 4.52. The highest BCUT2D eigenvalue weighted by Crippen LogP contribution is 2.23. The minimum Gasteiger partial charge on any atom is -0.483 e. The molecular weight excluding hydrogens is 326 g/mol. The van der Waals surface area contributed by atoms with Crippen LogP contribution in [0.5, 0.6) is 5.75 Å². The highest BCUT2D eigenvalue weighted by Gasteiger charge is 2.09. The minimum atomic E-state index is -0.292. The average Bonchev–Trinajstić information content (AvgIpc) is 2.86. The van der Waals surface area contributed by atoms with Gasteiger partial charge in [-0.3, -0.25) is 4.79 Å². The number of rotatable bonds is 5. The predicted molar refractivity (Wildman–Crippen MR) is 105 cm³/mol. The number of hydrazone groups is 1. The molecule has 134 valence electrons. The minimum absolute atomic E-state index is 0.0737. The summed E-state index contributed by atoms with van der Waals surface area (Å²) in [7, 11) is 2.02. The molecule has 2 aromatic carbocycles. The van der Waals surface area contributed by atoms with Crippen molar-refractivity contribution in [3.05, 3.63) is 64.8 Å². The lowest BCUT2D eigenvalue weighted by Crippen LogP contribution is -2.24. The van der Waals surface area contributed by atoms with E-state index < -0.39 is 0 Å². The zero-order chi connectivity index (χ0) is 18.7. The lowest BCUT2D eigenvalue weighted by atomic mass is 10.1. The summed E-state index contributed by atoms with van der Waals surface area (Å²) in [5, 5.41) is 5.21. The maximum absolute atomic E-state index is 12.0. The molecule has 0 spiro atoms. The van der Waals surface area contributed by atoms with Gasteiger partial charge in [-0.1, -0.05) is 35.9 Å². The van der Waals surface area contributed by atoms with Gasteiger partial charge in [0.1, 0.15) is 5.75 Å².